The summed E-state index contributed by atoms with van der Waals surface area (Å²) in [4.78, 5) is 25.7. The molecule has 0 bridgehead atoms. The predicted molar refractivity (Wildman–Crippen MR) is 115 cm³/mol. The Morgan fingerprint density at radius 2 is 1.58 bits per heavy atom. The van der Waals surface area contributed by atoms with Crippen molar-refractivity contribution in [1.29, 1.82) is 0 Å². The highest BCUT2D eigenvalue weighted by Crippen LogP contribution is 2.34. The molecule has 4 rings (SSSR count). The number of furan rings is 1. The zero-order valence-corrected chi connectivity index (χ0v) is 17.2. The molecule has 1 aromatic heterocycles. The van der Waals surface area contributed by atoms with Crippen LogP contribution in [0.25, 0.3) is 21.9 Å². The Morgan fingerprint density at radius 1 is 0.903 bits per heavy atom. The van der Waals surface area contributed by atoms with Gasteiger partial charge in [0.15, 0.2) is 5.43 Å². The molecule has 0 amide bonds. The summed E-state index contributed by atoms with van der Waals surface area (Å²) in [5.41, 5.74) is 0.793. The van der Waals surface area contributed by atoms with Crippen LogP contribution in [0.3, 0.4) is 0 Å². The van der Waals surface area contributed by atoms with Crippen LogP contribution in [0.5, 0.6) is 11.5 Å². The average molecular weight is 418 g/mol. The Labute approximate surface area is 177 Å². The van der Waals surface area contributed by atoms with E-state index >= 15 is 0 Å². The minimum Gasteiger partial charge on any atom is -0.497 e. The van der Waals surface area contributed by atoms with Crippen LogP contribution in [-0.2, 0) is 0 Å². The number of halogens is 1. The monoisotopic (exact) mass is 418 g/mol. The molecule has 0 spiro atoms. The summed E-state index contributed by atoms with van der Waals surface area (Å²) in [7, 11) is 1.56. The van der Waals surface area contributed by atoms with Crippen molar-refractivity contribution in [2.75, 3.05) is 7.11 Å². The topological polar surface area (TPSA) is 65.7 Å². The lowest BCUT2D eigenvalue weighted by atomic mass is 10.1. The molecule has 0 fully saturated rings. The van der Waals surface area contributed by atoms with Gasteiger partial charge in [0.2, 0.25) is 0 Å². The third-order valence-corrected chi connectivity index (χ3v) is 5.05. The summed E-state index contributed by atoms with van der Waals surface area (Å²) in [6.07, 6.45) is 0. The molecular weight excluding hydrogens is 399 g/mol. The number of fused-ring (bicyclic) bond motifs is 1. The zero-order chi connectivity index (χ0) is 22.1. The number of hydrogen-bond acceptors (Lipinski definition) is 5. The van der Waals surface area contributed by atoms with Gasteiger partial charge in [-0.15, -0.1) is 0 Å². The van der Waals surface area contributed by atoms with Crippen LogP contribution in [0.4, 0.5) is 4.39 Å². The fraction of sp³-hybridized carbons (Fsp3) is 0.120. The van der Waals surface area contributed by atoms with E-state index in [9.17, 15) is 14.0 Å². The Bertz CT molecular complexity index is 1350. The van der Waals surface area contributed by atoms with Crippen molar-refractivity contribution in [1.82, 2.24) is 0 Å². The molecule has 0 aliphatic rings. The van der Waals surface area contributed by atoms with Gasteiger partial charge in [0.25, 0.3) is 0 Å². The third-order valence-electron chi connectivity index (χ3n) is 5.05. The molecule has 156 valence electrons. The van der Waals surface area contributed by atoms with Crippen molar-refractivity contribution in [3.05, 3.63) is 93.8 Å². The molecule has 0 atom stereocenters. The molecule has 4 aromatic rings. The minimum atomic E-state index is -0.864. The van der Waals surface area contributed by atoms with Crippen molar-refractivity contribution >= 4 is 16.7 Å². The van der Waals surface area contributed by atoms with Crippen LogP contribution in [-0.4, -0.2) is 13.1 Å². The number of esters is 1. The van der Waals surface area contributed by atoms with Gasteiger partial charge in [-0.1, -0.05) is 24.3 Å². The standard InChI is InChI=1S/C25H19FO5/c1-14-23-21(27)12-17(16-8-10-18(29-3)11-9-16)13-22(24(23)15(2)30-14)31-25(28)19-6-4-5-7-20(19)26/h4-13H,1-3H3. The van der Waals surface area contributed by atoms with E-state index in [0.29, 0.717) is 33.6 Å². The van der Waals surface area contributed by atoms with Crippen molar-refractivity contribution in [3.8, 4) is 22.6 Å². The van der Waals surface area contributed by atoms with Crippen LogP contribution in [0, 0.1) is 19.7 Å². The number of hydrogen-bond donors (Lipinski definition) is 0. The van der Waals surface area contributed by atoms with Gasteiger partial charge >= 0.3 is 5.97 Å². The molecule has 0 saturated heterocycles. The Kier molecular flexibility index (Phi) is 5.29. The fourth-order valence-electron chi connectivity index (χ4n) is 3.56. The van der Waals surface area contributed by atoms with Crippen molar-refractivity contribution in [2.24, 2.45) is 0 Å². The van der Waals surface area contributed by atoms with Gasteiger partial charge in [-0.05, 0) is 61.4 Å². The first-order chi connectivity index (χ1) is 14.9. The summed E-state index contributed by atoms with van der Waals surface area (Å²) in [6, 6.07) is 15.7. The lowest BCUT2D eigenvalue weighted by Crippen LogP contribution is -2.10. The average Bonchev–Trinajstić information content (AvgIpc) is 2.97. The first kappa shape index (κ1) is 20.3. The lowest BCUT2D eigenvalue weighted by Gasteiger charge is -2.07. The van der Waals surface area contributed by atoms with Gasteiger partial charge in [-0.3, -0.25) is 4.79 Å². The smallest absolute Gasteiger partial charge is 0.346 e. The van der Waals surface area contributed by atoms with Gasteiger partial charge < -0.3 is 13.9 Å². The molecule has 0 N–H and O–H groups in total. The molecule has 1 heterocycles. The summed E-state index contributed by atoms with van der Waals surface area (Å²) >= 11 is 0. The maximum absolute atomic E-state index is 14.1. The van der Waals surface area contributed by atoms with Gasteiger partial charge in [-0.25, -0.2) is 9.18 Å². The van der Waals surface area contributed by atoms with E-state index in [0.717, 1.165) is 5.56 Å². The van der Waals surface area contributed by atoms with Crippen LogP contribution in [0.2, 0.25) is 0 Å². The van der Waals surface area contributed by atoms with Crippen molar-refractivity contribution < 1.29 is 23.1 Å². The first-order valence-corrected chi connectivity index (χ1v) is 9.58. The molecule has 6 heteroatoms. The molecule has 3 aromatic carbocycles. The summed E-state index contributed by atoms with van der Waals surface area (Å²) in [5.74, 6) is 0.0729. The Balaban J connectivity index is 1.93. The lowest BCUT2D eigenvalue weighted by molar-refractivity contribution is 0.0732. The van der Waals surface area contributed by atoms with Crippen molar-refractivity contribution in [3.63, 3.8) is 0 Å². The molecule has 0 aliphatic carbocycles. The van der Waals surface area contributed by atoms with Gasteiger partial charge in [0.05, 0.1) is 23.4 Å². The highest BCUT2D eigenvalue weighted by Gasteiger charge is 2.20. The number of carbonyl (C=O) groups is 1. The molecule has 0 aliphatic heterocycles. The predicted octanol–water partition coefficient (Wildman–Crippen LogP) is 5.44. The molecular formula is C25H19FO5. The normalized spacial score (nSPS) is 10.8. The van der Waals surface area contributed by atoms with Crippen LogP contribution in [0.1, 0.15) is 21.9 Å². The molecule has 0 radical (unpaired) electrons. The number of ether oxygens (including phenoxy) is 2. The quantitative estimate of drug-likeness (QED) is 0.413. The van der Waals surface area contributed by atoms with E-state index < -0.39 is 11.8 Å². The number of benzene rings is 2. The third kappa shape index (κ3) is 3.80. The van der Waals surface area contributed by atoms with Crippen LogP contribution >= 0.6 is 0 Å². The van der Waals surface area contributed by atoms with Gasteiger partial charge in [-0.2, -0.15) is 0 Å². The van der Waals surface area contributed by atoms with Crippen molar-refractivity contribution in [2.45, 2.75) is 13.8 Å². The van der Waals surface area contributed by atoms with E-state index in [2.05, 4.69) is 0 Å². The fourth-order valence-corrected chi connectivity index (χ4v) is 3.56. The first-order valence-electron chi connectivity index (χ1n) is 9.58. The summed E-state index contributed by atoms with van der Waals surface area (Å²) in [5, 5.41) is 0.695. The Morgan fingerprint density at radius 3 is 2.26 bits per heavy atom. The second-order valence-electron chi connectivity index (χ2n) is 7.03. The molecule has 31 heavy (non-hydrogen) atoms. The maximum atomic E-state index is 14.1. The van der Waals surface area contributed by atoms with Gasteiger partial charge in [0.1, 0.15) is 28.8 Å². The summed E-state index contributed by atoms with van der Waals surface area (Å²) < 4.78 is 30.5. The van der Waals surface area contributed by atoms with Crippen LogP contribution < -0.4 is 14.9 Å². The van der Waals surface area contributed by atoms with Crippen LogP contribution in [0.15, 0.2) is 69.9 Å². The van der Waals surface area contributed by atoms with E-state index in [4.69, 9.17) is 13.9 Å². The Hall–Kier alpha value is -3.93. The van der Waals surface area contributed by atoms with E-state index in [1.54, 1.807) is 57.4 Å². The second kappa shape index (κ2) is 8.07. The molecule has 0 unspecified atom stereocenters. The molecule has 5 nitrogen and oxygen atoms in total. The second-order valence-corrected chi connectivity index (χ2v) is 7.03. The minimum absolute atomic E-state index is 0.116. The zero-order valence-electron chi connectivity index (χ0n) is 17.2. The van der Waals surface area contributed by atoms with E-state index in [1.165, 1.54) is 24.3 Å². The SMILES string of the molecule is COc1ccc(-c2cc(OC(=O)c3ccccc3F)c3c(C)oc(C)c3c(=O)c2)cc1. The van der Waals surface area contributed by atoms with Gasteiger partial charge in [0, 0.05) is 0 Å². The maximum Gasteiger partial charge on any atom is 0.346 e. The summed E-state index contributed by atoms with van der Waals surface area (Å²) in [6.45, 7) is 3.36. The number of methoxy groups -OCH3 is 1. The largest absolute Gasteiger partial charge is 0.497 e. The number of rotatable bonds is 4. The number of aryl methyl sites for hydroxylation is 2. The molecule has 0 saturated carbocycles. The van der Waals surface area contributed by atoms with E-state index in [-0.39, 0.29) is 16.7 Å². The van der Waals surface area contributed by atoms with E-state index in [1.807, 2.05) is 0 Å². The highest BCUT2D eigenvalue weighted by molar-refractivity contribution is 5.97. The number of carbonyl (C=O) groups excluding carboxylic acids is 1. The highest BCUT2D eigenvalue weighted by atomic mass is 19.1.